The van der Waals surface area contributed by atoms with Gasteiger partial charge in [0, 0.05) is 4.83 Å². The van der Waals surface area contributed by atoms with E-state index in [1.165, 1.54) is 25.9 Å². The van der Waals surface area contributed by atoms with Gasteiger partial charge in [-0.1, -0.05) is 15.9 Å². The molecule has 0 N–H and O–H groups in total. The molecule has 56 valence electrons. The van der Waals surface area contributed by atoms with Crippen LogP contribution in [-0.2, 0) is 0 Å². The van der Waals surface area contributed by atoms with Crippen molar-refractivity contribution in [3.05, 3.63) is 0 Å². The van der Waals surface area contributed by atoms with Crippen LogP contribution in [-0.4, -0.2) is 29.9 Å². The number of halogens is 2. The van der Waals surface area contributed by atoms with Gasteiger partial charge in [-0.3, -0.25) is 0 Å². The highest BCUT2D eigenvalue weighted by Gasteiger charge is 2.12. The molecule has 1 heterocycles. The lowest BCUT2D eigenvalue weighted by molar-refractivity contribution is 0.284. The normalized spacial score (nSPS) is 23.3. The van der Waals surface area contributed by atoms with E-state index < -0.39 is 0 Å². The van der Waals surface area contributed by atoms with Crippen LogP contribution in [0.1, 0.15) is 12.8 Å². The number of likely N-dealkylation sites (tertiary alicyclic amines) is 1. The summed E-state index contributed by atoms with van der Waals surface area (Å²) < 4.78 is 0. The summed E-state index contributed by atoms with van der Waals surface area (Å²) in [6, 6.07) is 0. The summed E-state index contributed by atoms with van der Waals surface area (Å²) in [5, 5.41) is 0. The maximum atomic E-state index is 3.59. The predicted molar refractivity (Wildman–Crippen MR) is 46.7 cm³/mol. The first-order valence-electron chi connectivity index (χ1n) is 3.11. The molecule has 0 aromatic rings. The van der Waals surface area contributed by atoms with Gasteiger partial charge in [0.25, 0.3) is 0 Å². The summed E-state index contributed by atoms with van der Waals surface area (Å²) in [6.07, 6.45) is 2.63. The summed E-state index contributed by atoms with van der Waals surface area (Å²) in [4.78, 5) is 3.16. The van der Waals surface area contributed by atoms with Crippen LogP contribution >= 0.6 is 28.3 Å². The molecule has 0 saturated carbocycles. The van der Waals surface area contributed by atoms with Crippen LogP contribution in [0.3, 0.4) is 0 Å². The number of piperidine rings is 1. The molecule has 1 aliphatic heterocycles. The molecule has 1 nitrogen and oxygen atoms in total. The summed E-state index contributed by atoms with van der Waals surface area (Å²) in [6.45, 7) is 2.52. The van der Waals surface area contributed by atoms with Gasteiger partial charge < -0.3 is 4.90 Å². The van der Waals surface area contributed by atoms with Crippen molar-refractivity contribution in [2.45, 2.75) is 17.7 Å². The van der Waals surface area contributed by atoms with E-state index in [2.05, 4.69) is 27.9 Å². The Morgan fingerprint density at radius 3 is 2.11 bits per heavy atom. The first-order valence-corrected chi connectivity index (χ1v) is 4.03. The Morgan fingerprint density at radius 1 is 1.33 bits per heavy atom. The van der Waals surface area contributed by atoms with Crippen molar-refractivity contribution < 1.29 is 0 Å². The van der Waals surface area contributed by atoms with Crippen molar-refractivity contribution in [1.29, 1.82) is 0 Å². The van der Waals surface area contributed by atoms with Gasteiger partial charge in [-0.2, -0.15) is 0 Å². The van der Waals surface area contributed by atoms with Gasteiger partial charge in [0.05, 0.1) is 0 Å². The molecule has 1 fully saturated rings. The van der Waals surface area contributed by atoms with E-state index in [1.54, 1.807) is 0 Å². The maximum absolute atomic E-state index is 3.59. The standard InChI is InChI=1S/C6H12BrN.ClH/c1-8-4-2-6(7)3-5-8;/h6H,2-5H2,1H3;1H. The van der Waals surface area contributed by atoms with Crippen LogP contribution in [0, 0.1) is 0 Å². The van der Waals surface area contributed by atoms with Crippen LogP contribution in [0.5, 0.6) is 0 Å². The molecule has 1 rings (SSSR count). The molecule has 1 saturated heterocycles. The molecule has 0 aromatic heterocycles. The lowest BCUT2D eigenvalue weighted by atomic mass is 10.1. The largest absolute Gasteiger partial charge is 0.306 e. The lowest BCUT2D eigenvalue weighted by Crippen LogP contribution is -2.30. The van der Waals surface area contributed by atoms with E-state index in [0.29, 0.717) is 0 Å². The minimum absolute atomic E-state index is 0. The molecular weight excluding hydrogens is 201 g/mol. The third-order valence-electron chi connectivity index (χ3n) is 1.65. The van der Waals surface area contributed by atoms with Gasteiger partial charge in [0.2, 0.25) is 0 Å². The van der Waals surface area contributed by atoms with Crippen molar-refractivity contribution in [3.63, 3.8) is 0 Å². The van der Waals surface area contributed by atoms with Crippen molar-refractivity contribution in [3.8, 4) is 0 Å². The minimum Gasteiger partial charge on any atom is -0.306 e. The Morgan fingerprint density at radius 2 is 1.78 bits per heavy atom. The van der Waals surface area contributed by atoms with Crippen LogP contribution in [0.4, 0.5) is 0 Å². The van der Waals surface area contributed by atoms with Gasteiger partial charge in [-0.25, -0.2) is 0 Å². The average Bonchev–Trinajstić information content (AvgIpc) is 1.77. The summed E-state index contributed by atoms with van der Waals surface area (Å²) in [5.74, 6) is 0. The van der Waals surface area contributed by atoms with Crippen molar-refractivity contribution in [1.82, 2.24) is 4.90 Å². The second-order valence-electron chi connectivity index (χ2n) is 2.48. The fourth-order valence-corrected chi connectivity index (χ4v) is 1.39. The Kier molecular flexibility index (Phi) is 4.90. The molecule has 0 radical (unpaired) electrons. The lowest BCUT2D eigenvalue weighted by Gasteiger charge is -2.24. The molecule has 0 unspecified atom stereocenters. The van der Waals surface area contributed by atoms with Crippen LogP contribution in [0.15, 0.2) is 0 Å². The number of rotatable bonds is 0. The fraction of sp³-hybridized carbons (Fsp3) is 1.00. The van der Waals surface area contributed by atoms with E-state index in [-0.39, 0.29) is 12.4 Å². The van der Waals surface area contributed by atoms with E-state index in [9.17, 15) is 0 Å². The number of hydrogen-bond donors (Lipinski definition) is 0. The van der Waals surface area contributed by atoms with Gasteiger partial charge >= 0.3 is 0 Å². The molecule has 0 amide bonds. The molecule has 1 aliphatic rings. The highest BCUT2D eigenvalue weighted by atomic mass is 79.9. The zero-order chi connectivity index (χ0) is 5.98. The molecule has 0 spiro atoms. The van der Waals surface area contributed by atoms with Crippen molar-refractivity contribution in [2.75, 3.05) is 20.1 Å². The third-order valence-corrected chi connectivity index (χ3v) is 2.56. The van der Waals surface area contributed by atoms with Crippen LogP contribution in [0.25, 0.3) is 0 Å². The first-order chi connectivity index (χ1) is 3.79. The van der Waals surface area contributed by atoms with Gasteiger partial charge in [0.1, 0.15) is 0 Å². The van der Waals surface area contributed by atoms with E-state index in [0.717, 1.165) is 4.83 Å². The Bertz CT molecular complexity index is 61.5. The third kappa shape index (κ3) is 3.43. The van der Waals surface area contributed by atoms with Crippen LogP contribution < -0.4 is 0 Å². The summed E-state index contributed by atoms with van der Waals surface area (Å²) in [5.41, 5.74) is 0. The smallest absolute Gasteiger partial charge is 0.0170 e. The average molecular weight is 215 g/mol. The quantitative estimate of drug-likeness (QED) is 0.557. The Hall–Kier alpha value is 0.730. The van der Waals surface area contributed by atoms with Gasteiger partial charge in [-0.05, 0) is 33.0 Å². The SMILES string of the molecule is CN1CCC(Br)CC1.Cl. The molecule has 0 aromatic carbocycles. The van der Waals surface area contributed by atoms with Crippen molar-refractivity contribution in [2.24, 2.45) is 0 Å². The minimum atomic E-state index is 0. The van der Waals surface area contributed by atoms with E-state index >= 15 is 0 Å². The summed E-state index contributed by atoms with van der Waals surface area (Å²) >= 11 is 3.59. The maximum Gasteiger partial charge on any atom is 0.0170 e. The highest BCUT2D eigenvalue weighted by Crippen LogP contribution is 2.15. The summed E-state index contributed by atoms with van der Waals surface area (Å²) in [7, 11) is 2.18. The second kappa shape index (κ2) is 4.53. The second-order valence-corrected chi connectivity index (χ2v) is 3.77. The molecular formula is C6H13BrClN. The predicted octanol–water partition coefficient (Wildman–Crippen LogP) is 1.90. The Labute approximate surface area is 71.3 Å². The van der Waals surface area contributed by atoms with Crippen LogP contribution in [0.2, 0.25) is 0 Å². The van der Waals surface area contributed by atoms with Gasteiger partial charge in [-0.15, -0.1) is 12.4 Å². The molecule has 0 bridgehead atoms. The molecule has 9 heavy (non-hydrogen) atoms. The monoisotopic (exact) mass is 213 g/mol. The van der Waals surface area contributed by atoms with E-state index in [1.807, 2.05) is 0 Å². The molecule has 0 aliphatic carbocycles. The zero-order valence-electron chi connectivity index (χ0n) is 5.64. The number of hydrogen-bond acceptors (Lipinski definition) is 1. The Balaban J connectivity index is 0.000000640. The first kappa shape index (κ1) is 9.73. The molecule has 3 heteroatoms. The number of alkyl halides is 1. The fourth-order valence-electron chi connectivity index (χ4n) is 0.977. The van der Waals surface area contributed by atoms with Crippen molar-refractivity contribution >= 4 is 28.3 Å². The topological polar surface area (TPSA) is 3.24 Å². The van der Waals surface area contributed by atoms with Gasteiger partial charge in [0.15, 0.2) is 0 Å². The van der Waals surface area contributed by atoms with E-state index in [4.69, 9.17) is 0 Å². The molecule has 0 atom stereocenters. The zero-order valence-corrected chi connectivity index (χ0v) is 8.04. The number of nitrogens with zero attached hydrogens (tertiary/aromatic N) is 1. The highest BCUT2D eigenvalue weighted by molar-refractivity contribution is 9.09.